The van der Waals surface area contributed by atoms with Crippen LogP contribution in [-0.4, -0.2) is 22.1 Å². The van der Waals surface area contributed by atoms with Crippen LogP contribution in [0.1, 0.15) is 18.3 Å². The van der Waals surface area contributed by atoms with Gasteiger partial charge in [-0.25, -0.2) is 4.98 Å². The number of para-hydroxylation sites is 2. The molecule has 0 aliphatic rings. The number of ether oxygens (including phenoxy) is 1. The summed E-state index contributed by atoms with van der Waals surface area (Å²) in [7, 11) is 0. The number of carbonyl (C=O) groups excluding carboxylic acids is 1. The summed E-state index contributed by atoms with van der Waals surface area (Å²) in [6.45, 7) is 7.13. The van der Waals surface area contributed by atoms with Crippen molar-refractivity contribution in [1.29, 1.82) is 0 Å². The molecule has 0 radical (unpaired) electrons. The Kier molecular flexibility index (Phi) is 5.69. The molecule has 1 amide bonds. The number of aryl methyl sites for hydroxylation is 1. The van der Waals surface area contributed by atoms with E-state index in [4.69, 9.17) is 4.74 Å². The van der Waals surface area contributed by atoms with Gasteiger partial charge in [-0.2, -0.15) is 0 Å². The van der Waals surface area contributed by atoms with Gasteiger partial charge in [0.25, 0.3) is 0 Å². The third kappa shape index (κ3) is 4.11. The van der Waals surface area contributed by atoms with Crippen LogP contribution in [0.4, 0.5) is 0 Å². The molecular weight excluding hydrogens is 326 g/mol. The molecule has 0 saturated heterocycles. The van der Waals surface area contributed by atoms with Crippen molar-refractivity contribution in [1.82, 2.24) is 14.9 Å². The maximum absolute atomic E-state index is 11.5. The Morgan fingerprint density at radius 3 is 2.73 bits per heavy atom. The zero-order valence-corrected chi connectivity index (χ0v) is 14.9. The van der Waals surface area contributed by atoms with E-state index in [0.717, 1.165) is 29.0 Å². The molecule has 5 heteroatoms. The molecule has 0 aliphatic heterocycles. The van der Waals surface area contributed by atoms with Crippen molar-refractivity contribution in [3.05, 3.63) is 72.6 Å². The van der Waals surface area contributed by atoms with Gasteiger partial charge < -0.3 is 14.6 Å². The molecule has 0 aliphatic carbocycles. The van der Waals surface area contributed by atoms with Crippen LogP contribution in [-0.2, 0) is 24.3 Å². The molecule has 0 saturated carbocycles. The minimum atomic E-state index is -0.212. The van der Waals surface area contributed by atoms with E-state index >= 15 is 0 Å². The maximum Gasteiger partial charge on any atom is 0.243 e. The zero-order chi connectivity index (χ0) is 18.4. The van der Waals surface area contributed by atoms with Crippen molar-refractivity contribution in [3.8, 4) is 5.75 Å². The fraction of sp³-hybridized carbons (Fsp3) is 0.238. The van der Waals surface area contributed by atoms with Crippen LogP contribution in [0.5, 0.6) is 5.75 Å². The zero-order valence-electron chi connectivity index (χ0n) is 14.9. The lowest BCUT2D eigenvalue weighted by Crippen LogP contribution is -2.23. The third-order valence-corrected chi connectivity index (χ3v) is 4.25. The van der Waals surface area contributed by atoms with Crippen molar-refractivity contribution in [2.24, 2.45) is 0 Å². The van der Waals surface area contributed by atoms with Crippen molar-refractivity contribution in [2.75, 3.05) is 6.61 Å². The van der Waals surface area contributed by atoms with Gasteiger partial charge in [0.15, 0.2) is 0 Å². The number of fused-ring (bicyclic) bond motifs is 1. The smallest absolute Gasteiger partial charge is 0.243 e. The molecule has 1 N–H and O–H groups in total. The number of nitrogens with zero attached hydrogens (tertiary/aromatic N) is 2. The van der Waals surface area contributed by atoms with E-state index in [-0.39, 0.29) is 5.91 Å². The van der Waals surface area contributed by atoms with Gasteiger partial charge in [0.2, 0.25) is 5.91 Å². The highest BCUT2D eigenvalue weighted by Crippen LogP contribution is 2.17. The highest BCUT2D eigenvalue weighted by atomic mass is 16.5. The van der Waals surface area contributed by atoms with Crippen LogP contribution < -0.4 is 10.1 Å². The molecule has 5 nitrogen and oxygen atoms in total. The Hall–Kier alpha value is -3.08. The predicted molar refractivity (Wildman–Crippen MR) is 103 cm³/mol. The molecule has 2 aromatic carbocycles. The standard InChI is InChI=1S/C21H23N3O2/c1-3-16-9-11-17(12-10-16)26-14-13-24-19-8-6-5-7-18(19)23-20(24)15-22-21(25)4-2/h4-12H,2-3,13-15H2,1H3,(H,22,25). The van der Waals surface area contributed by atoms with Crippen LogP contribution in [0.15, 0.2) is 61.2 Å². The summed E-state index contributed by atoms with van der Waals surface area (Å²) in [6.07, 6.45) is 2.27. The average molecular weight is 349 g/mol. The molecule has 0 atom stereocenters. The van der Waals surface area contributed by atoms with E-state index in [2.05, 4.69) is 40.5 Å². The van der Waals surface area contributed by atoms with Crippen LogP contribution in [0, 0.1) is 0 Å². The summed E-state index contributed by atoms with van der Waals surface area (Å²) < 4.78 is 7.96. The number of amides is 1. The lowest BCUT2D eigenvalue weighted by Gasteiger charge is -2.11. The second kappa shape index (κ2) is 8.34. The first-order chi connectivity index (χ1) is 12.7. The number of rotatable bonds is 8. The Labute approximate surface area is 153 Å². The first-order valence-electron chi connectivity index (χ1n) is 8.77. The fourth-order valence-corrected chi connectivity index (χ4v) is 2.82. The largest absolute Gasteiger partial charge is 0.492 e. The van der Waals surface area contributed by atoms with E-state index in [1.165, 1.54) is 11.6 Å². The first-order valence-corrected chi connectivity index (χ1v) is 8.77. The van der Waals surface area contributed by atoms with E-state index in [0.29, 0.717) is 19.7 Å². The Bertz CT molecular complexity index is 897. The summed E-state index contributed by atoms with van der Waals surface area (Å²) in [5.41, 5.74) is 3.22. The van der Waals surface area contributed by atoms with Crippen LogP contribution in [0.3, 0.4) is 0 Å². The van der Waals surface area contributed by atoms with Gasteiger partial charge in [-0.15, -0.1) is 0 Å². The predicted octanol–water partition coefficient (Wildman–Crippen LogP) is 3.48. The van der Waals surface area contributed by atoms with Crippen molar-refractivity contribution in [3.63, 3.8) is 0 Å². The summed E-state index contributed by atoms with van der Waals surface area (Å²) in [4.78, 5) is 16.1. The monoisotopic (exact) mass is 349 g/mol. The maximum atomic E-state index is 11.5. The minimum absolute atomic E-state index is 0.212. The Morgan fingerprint density at radius 1 is 1.23 bits per heavy atom. The highest BCUT2D eigenvalue weighted by Gasteiger charge is 2.11. The molecular formula is C21H23N3O2. The van der Waals surface area contributed by atoms with Gasteiger partial charge >= 0.3 is 0 Å². The molecule has 0 bridgehead atoms. The number of imidazole rings is 1. The summed E-state index contributed by atoms with van der Waals surface area (Å²) in [5, 5.41) is 2.79. The normalized spacial score (nSPS) is 10.7. The van der Waals surface area contributed by atoms with Gasteiger partial charge in [0.1, 0.15) is 18.2 Å². The number of benzene rings is 2. The van der Waals surface area contributed by atoms with E-state index < -0.39 is 0 Å². The van der Waals surface area contributed by atoms with Crippen molar-refractivity contribution < 1.29 is 9.53 Å². The van der Waals surface area contributed by atoms with Crippen LogP contribution >= 0.6 is 0 Å². The number of aromatic nitrogens is 2. The van der Waals surface area contributed by atoms with E-state index in [9.17, 15) is 4.79 Å². The fourth-order valence-electron chi connectivity index (χ4n) is 2.82. The van der Waals surface area contributed by atoms with Gasteiger partial charge in [0, 0.05) is 0 Å². The SMILES string of the molecule is C=CC(=O)NCc1nc2ccccc2n1CCOc1ccc(CC)cc1. The highest BCUT2D eigenvalue weighted by molar-refractivity contribution is 5.86. The average Bonchev–Trinajstić information content (AvgIpc) is 3.04. The lowest BCUT2D eigenvalue weighted by atomic mass is 10.2. The summed E-state index contributed by atoms with van der Waals surface area (Å²) >= 11 is 0. The third-order valence-electron chi connectivity index (χ3n) is 4.25. The molecule has 3 rings (SSSR count). The number of nitrogens with one attached hydrogen (secondary N) is 1. The lowest BCUT2D eigenvalue weighted by molar-refractivity contribution is -0.116. The summed E-state index contributed by atoms with van der Waals surface area (Å²) in [5.74, 6) is 1.44. The number of hydrogen-bond acceptors (Lipinski definition) is 3. The Balaban J connectivity index is 1.72. The minimum Gasteiger partial charge on any atom is -0.492 e. The van der Waals surface area contributed by atoms with Crippen LogP contribution in [0.25, 0.3) is 11.0 Å². The quantitative estimate of drug-likeness (QED) is 0.634. The van der Waals surface area contributed by atoms with Gasteiger partial charge in [-0.3, -0.25) is 4.79 Å². The molecule has 0 spiro atoms. The molecule has 134 valence electrons. The van der Waals surface area contributed by atoms with Crippen LogP contribution in [0.2, 0.25) is 0 Å². The molecule has 26 heavy (non-hydrogen) atoms. The molecule has 0 unspecified atom stereocenters. The molecule has 0 fully saturated rings. The second-order valence-electron chi connectivity index (χ2n) is 5.94. The van der Waals surface area contributed by atoms with Crippen molar-refractivity contribution >= 4 is 16.9 Å². The molecule has 1 heterocycles. The van der Waals surface area contributed by atoms with Gasteiger partial charge in [-0.05, 0) is 42.3 Å². The van der Waals surface area contributed by atoms with E-state index in [1.807, 2.05) is 36.4 Å². The Morgan fingerprint density at radius 2 is 2.00 bits per heavy atom. The molecule has 1 aromatic heterocycles. The van der Waals surface area contributed by atoms with E-state index in [1.54, 1.807) is 0 Å². The first kappa shape index (κ1) is 17.7. The number of hydrogen-bond donors (Lipinski definition) is 1. The summed E-state index contributed by atoms with van der Waals surface area (Å²) in [6, 6.07) is 16.1. The van der Waals surface area contributed by atoms with Gasteiger partial charge in [-0.1, -0.05) is 37.8 Å². The second-order valence-corrected chi connectivity index (χ2v) is 5.94. The molecule has 3 aromatic rings. The van der Waals surface area contributed by atoms with Crippen molar-refractivity contribution in [2.45, 2.75) is 26.4 Å². The van der Waals surface area contributed by atoms with Gasteiger partial charge in [0.05, 0.1) is 24.1 Å². The number of carbonyl (C=O) groups is 1. The topological polar surface area (TPSA) is 56.2 Å².